The van der Waals surface area contributed by atoms with Crippen LogP contribution in [0.25, 0.3) is 0 Å². The number of rotatable bonds is 5. The maximum absolute atomic E-state index is 13.9. The van der Waals surface area contributed by atoms with Gasteiger partial charge in [0.25, 0.3) is 0 Å². The Morgan fingerprint density at radius 1 is 1.26 bits per heavy atom. The SMILES string of the molecule is Fc1ccc(CNC2CC2)cc1CN1CCOCC1. The van der Waals surface area contributed by atoms with E-state index in [1.54, 1.807) is 6.07 Å². The monoisotopic (exact) mass is 264 g/mol. The van der Waals surface area contributed by atoms with E-state index in [2.05, 4.69) is 10.2 Å². The van der Waals surface area contributed by atoms with E-state index in [1.807, 2.05) is 12.1 Å². The molecule has 1 saturated heterocycles. The van der Waals surface area contributed by atoms with Gasteiger partial charge in [-0.1, -0.05) is 12.1 Å². The molecule has 104 valence electrons. The summed E-state index contributed by atoms with van der Waals surface area (Å²) in [7, 11) is 0. The number of hydrogen-bond donors (Lipinski definition) is 1. The highest BCUT2D eigenvalue weighted by molar-refractivity contribution is 5.25. The van der Waals surface area contributed by atoms with E-state index in [-0.39, 0.29) is 5.82 Å². The summed E-state index contributed by atoms with van der Waals surface area (Å²) >= 11 is 0. The molecule has 19 heavy (non-hydrogen) atoms. The van der Waals surface area contributed by atoms with Gasteiger partial charge < -0.3 is 10.1 Å². The Kier molecular flexibility index (Phi) is 4.11. The minimum absolute atomic E-state index is 0.0957. The molecule has 2 fully saturated rings. The van der Waals surface area contributed by atoms with Crippen LogP contribution in [-0.4, -0.2) is 37.2 Å². The van der Waals surface area contributed by atoms with Crippen molar-refractivity contribution in [3.63, 3.8) is 0 Å². The van der Waals surface area contributed by atoms with Gasteiger partial charge in [-0.05, 0) is 24.5 Å². The largest absolute Gasteiger partial charge is 0.379 e. The first-order valence-corrected chi connectivity index (χ1v) is 7.12. The molecule has 0 aromatic heterocycles. The van der Waals surface area contributed by atoms with Gasteiger partial charge in [0.15, 0.2) is 0 Å². The summed E-state index contributed by atoms with van der Waals surface area (Å²) in [6.07, 6.45) is 2.56. The van der Waals surface area contributed by atoms with E-state index in [1.165, 1.54) is 18.4 Å². The lowest BCUT2D eigenvalue weighted by Gasteiger charge is -2.26. The summed E-state index contributed by atoms with van der Waals surface area (Å²) in [5.74, 6) is -0.0957. The average molecular weight is 264 g/mol. The fraction of sp³-hybridized carbons (Fsp3) is 0.600. The number of ether oxygens (including phenoxy) is 1. The highest BCUT2D eigenvalue weighted by Crippen LogP contribution is 2.20. The van der Waals surface area contributed by atoms with E-state index < -0.39 is 0 Å². The third-order valence-electron chi connectivity index (χ3n) is 3.78. The second kappa shape index (κ2) is 5.99. The Morgan fingerprint density at radius 3 is 2.79 bits per heavy atom. The zero-order valence-corrected chi connectivity index (χ0v) is 11.2. The summed E-state index contributed by atoms with van der Waals surface area (Å²) in [6, 6.07) is 6.17. The average Bonchev–Trinajstić information content (AvgIpc) is 3.25. The Morgan fingerprint density at radius 2 is 2.05 bits per heavy atom. The molecule has 0 bridgehead atoms. The first-order valence-electron chi connectivity index (χ1n) is 7.12. The number of morpholine rings is 1. The smallest absolute Gasteiger partial charge is 0.127 e. The topological polar surface area (TPSA) is 24.5 Å². The minimum atomic E-state index is -0.0957. The lowest BCUT2D eigenvalue weighted by molar-refractivity contribution is 0.0337. The first-order chi connectivity index (χ1) is 9.31. The van der Waals surface area contributed by atoms with Crippen LogP contribution in [0, 0.1) is 5.82 Å². The van der Waals surface area contributed by atoms with E-state index in [9.17, 15) is 4.39 Å². The maximum Gasteiger partial charge on any atom is 0.127 e. The molecule has 0 spiro atoms. The first kappa shape index (κ1) is 13.0. The number of halogens is 1. The summed E-state index contributed by atoms with van der Waals surface area (Å²) in [6.45, 7) is 4.83. The Balaban J connectivity index is 1.62. The number of nitrogens with zero attached hydrogens (tertiary/aromatic N) is 1. The fourth-order valence-corrected chi connectivity index (χ4v) is 2.41. The lowest BCUT2D eigenvalue weighted by atomic mass is 10.1. The molecule has 1 aromatic carbocycles. The third kappa shape index (κ3) is 3.75. The molecule has 3 rings (SSSR count). The highest BCUT2D eigenvalue weighted by Gasteiger charge is 2.20. The van der Waals surface area contributed by atoms with Crippen LogP contribution >= 0.6 is 0 Å². The molecule has 3 nitrogen and oxygen atoms in total. The van der Waals surface area contributed by atoms with Crippen LogP contribution in [0.15, 0.2) is 18.2 Å². The van der Waals surface area contributed by atoms with Crippen LogP contribution in [0.1, 0.15) is 24.0 Å². The lowest BCUT2D eigenvalue weighted by Crippen LogP contribution is -2.35. The van der Waals surface area contributed by atoms with Gasteiger partial charge in [0.05, 0.1) is 13.2 Å². The Hall–Kier alpha value is -0.970. The highest BCUT2D eigenvalue weighted by atomic mass is 19.1. The molecule has 1 heterocycles. The molecule has 1 N–H and O–H groups in total. The predicted molar refractivity (Wildman–Crippen MR) is 72.4 cm³/mol. The summed E-state index contributed by atoms with van der Waals surface area (Å²) < 4.78 is 19.2. The van der Waals surface area contributed by atoms with Crippen LogP contribution in [0.2, 0.25) is 0 Å². The van der Waals surface area contributed by atoms with Crippen molar-refractivity contribution in [2.45, 2.75) is 32.0 Å². The molecule has 0 radical (unpaired) electrons. The quantitative estimate of drug-likeness (QED) is 0.879. The van der Waals surface area contributed by atoms with E-state index in [4.69, 9.17) is 4.74 Å². The van der Waals surface area contributed by atoms with Crippen molar-refractivity contribution in [2.75, 3.05) is 26.3 Å². The second-order valence-electron chi connectivity index (χ2n) is 5.47. The molecule has 2 aliphatic rings. The van der Waals surface area contributed by atoms with Crippen molar-refractivity contribution in [1.29, 1.82) is 0 Å². The predicted octanol–water partition coefficient (Wildman–Crippen LogP) is 1.91. The van der Waals surface area contributed by atoms with Crippen molar-refractivity contribution in [3.8, 4) is 0 Å². The Bertz CT molecular complexity index is 428. The molecule has 4 heteroatoms. The van der Waals surface area contributed by atoms with Gasteiger partial charge in [-0.25, -0.2) is 4.39 Å². The van der Waals surface area contributed by atoms with Crippen molar-refractivity contribution in [1.82, 2.24) is 10.2 Å². The summed E-state index contributed by atoms with van der Waals surface area (Å²) in [5.41, 5.74) is 1.98. The van der Waals surface area contributed by atoms with E-state index in [0.29, 0.717) is 12.6 Å². The van der Waals surface area contributed by atoms with Gasteiger partial charge in [-0.3, -0.25) is 4.90 Å². The number of benzene rings is 1. The molecule has 0 amide bonds. The van der Waals surface area contributed by atoms with Crippen LogP contribution in [0.3, 0.4) is 0 Å². The Labute approximate surface area is 113 Å². The van der Waals surface area contributed by atoms with Gasteiger partial charge in [0, 0.05) is 37.8 Å². The molecular weight excluding hydrogens is 243 g/mol. The van der Waals surface area contributed by atoms with Crippen LogP contribution in [0.5, 0.6) is 0 Å². The molecule has 1 aliphatic heterocycles. The summed E-state index contributed by atoms with van der Waals surface area (Å²) in [4.78, 5) is 2.25. The van der Waals surface area contributed by atoms with Gasteiger partial charge in [0.1, 0.15) is 5.82 Å². The fourth-order valence-electron chi connectivity index (χ4n) is 2.41. The molecule has 1 aromatic rings. The molecule has 1 aliphatic carbocycles. The number of hydrogen-bond acceptors (Lipinski definition) is 3. The second-order valence-corrected chi connectivity index (χ2v) is 5.47. The molecule has 1 saturated carbocycles. The van der Waals surface area contributed by atoms with Crippen LogP contribution < -0.4 is 5.32 Å². The molecular formula is C15H21FN2O. The zero-order valence-electron chi connectivity index (χ0n) is 11.2. The van der Waals surface area contributed by atoms with Crippen molar-refractivity contribution in [3.05, 3.63) is 35.1 Å². The third-order valence-corrected chi connectivity index (χ3v) is 3.78. The van der Waals surface area contributed by atoms with Gasteiger partial charge in [-0.2, -0.15) is 0 Å². The van der Waals surface area contributed by atoms with Crippen LogP contribution in [-0.2, 0) is 17.8 Å². The van der Waals surface area contributed by atoms with E-state index in [0.717, 1.165) is 38.4 Å². The van der Waals surface area contributed by atoms with Crippen molar-refractivity contribution < 1.29 is 9.13 Å². The minimum Gasteiger partial charge on any atom is -0.379 e. The van der Waals surface area contributed by atoms with Gasteiger partial charge in [0.2, 0.25) is 0 Å². The van der Waals surface area contributed by atoms with Crippen molar-refractivity contribution in [2.24, 2.45) is 0 Å². The normalized spacial score (nSPS) is 20.7. The molecule has 0 unspecified atom stereocenters. The summed E-state index contributed by atoms with van der Waals surface area (Å²) in [5, 5.41) is 3.47. The van der Waals surface area contributed by atoms with E-state index >= 15 is 0 Å². The zero-order chi connectivity index (χ0) is 13.1. The van der Waals surface area contributed by atoms with Crippen LogP contribution in [0.4, 0.5) is 4.39 Å². The molecule has 0 atom stereocenters. The number of nitrogens with one attached hydrogen (secondary N) is 1. The standard InChI is InChI=1S/C15H21FN2O/c16-15-4-1-12(10-17-14-2-3-14)9-13(15)11-18-5-7-19-8-6-18/h1,4,9,14,17H,2-3,5-8,10-11H2. The van der Waals surface area contributed by atoms with Gasteiger partial charge >= 0.3 is 0 Å². The van der Waals surface area contributed by atoms with Crippen molar-refractivity contribution >= 4 is 0 Å². The maximum atomic E-state index is 13.9. The van der Waals surface area contributed by atoms with Gasteiger partial charge in [-0.15, -0.1) is 0 Å².